The zero-order valence-electron chi connectivity index (χ0n) is 11.8. The molecule has 0 aliphatic heterocycles. The predicted molar refractivity (Wildman–Crippen MR) is 74.8 cm³/mol. The Bertz CT molecular complexity index is 431. The number of carbonyl (C=O) groups is 2. The first-order valence-electron chi connectivity index (χ1n) is 6.44. The highest BCUT2D eigenvalue weighted by atomic mass is 16.5. The maximum absolute atomic E-state index is 11.8. The number of ether oxygens (including phenoxy) is 2. The van der Waals surface area contributed by atoms with Gasteiger partial charge >= 0.3 is 0 Å². The van der Waals surface area contributed by atoms with Crippen LogP contribution in [0.5, 0.6) is 5.75 Å². The van der Waals surface area contributed by atoms with Gasteiger partial charge in [-0.1, -0.05) is 0 Å². The molecular weight excluding hydrogens is 260 g/mol. The first-order valence-corrected chi connectivity index (χ1v) is 6.44. The lowest BCUT2D eigenvalue weighted by atomic mass is 10.2. The molecule has 0 heterocycles. The summed E-state index contributed by atoms with van der Waals surface area (Å²) in [5.41, 5.74) is 0.552. The van der Waals surface area contributed by atoms with E-state index < -0.39 is 0 Å². The number of benzene rings is 1. The van der Waals surface area contributed by atoms with Gasteiger partial charge in [0.2, 0.25) is 5.91 Å². The summed E-state index contributed by atoms with van der Waals surface area (Å²) < 4.78 is 9.97. The van der Waals surface area contributed by atoms with E-state index in [1.807, 2.05) is 6.92 Å². The molecule has 0 aliphatic rings. The van der Waals surface area contributed by atoms with Crippen LogP contribution in [0.25, 0.3) is 0 Å². The summed E-state index contributed by atoms with van der Waals surface area (Å²) in [6, 6.07) is 6.89. The Morgan fingerprint density at radius 3 is 2.35 bits per heavy atom. The van der Waals surface area contributed by atoms with Crippen molar-refractivity contribution in [3.63, 3.8) is 0 Å². The van der Waals surface area contributed by atoms with Crippen LogP contribution in [0.3, 0.4) is 0 Å². The monoisotopic (exact) mass is 280 g/mol. The van der Waals surface area contributed by atoms with Crippen LogP contribution < -0.4 is 15.4 Å². The Kier molecular flexibility index (Phi) is 7.13. The summed E-state index contributed by atoms with van der Waals surface area (Å²) >= 11 is 0. The van der Waals surface area contributed by atoms with Crippen LogP contribution in [0.15, 0.2) is 24.3 Å². The third-order valence-corrected chi connectivity index (χ3v) is 2.44. The number of nitrogens with one attached hydrogen (secondary N) is 2. The third kappa shape index (κ3) is 5.71. The van der Waals surface area contributed by atoms with Gasteiger partial charge in [-0.05, 0) is 31.2 Å². The second-order valence-electron chi connectivity index (χ2n) is 4.00. The average Bonchev–Trinajstić information content (AvgIpc) is 2.45. The van der Waals surface area contributed by atoms with Crippen molar-refractivity contribution >= 4 is 11.8 Å². The molecule has 1 aromatic rings. The van der Waals surface area contributed by atoms with E-state index in [0.29, 0.717) is 25.3 Å². The van der Waals surface area contributed by atoms with Crippen molar-refractivity contribution in [3.8, 4) is 5.75 Å². The Morgan fingerprint density at radius 1 is 1.10 bits per heavy atom. The number of hydrogen-bond donors (Lipinski definition) is 2. The second-order valence-corrected chi connectivity index (χ2v) is 4.00. The normalized spacial score (nSPS) is 9.90. The first kappa shape index (κ1) is 16.0. The highest BCUT2D eigenvalue weighted by molar-refractivity contribution is 5.94. The molecule has 0 unspecified atom stereocenters. The smallest absolute Gasteiger partial charge is 0.251 e. The number of carbonyl (C=O) groups excluding carboxylic acids is 2. The number of hydrogen-bond acceptors (Lipinski definition) is 4. The molecule has 0 saturated carbocycles. The average molecular weight is 280 g/mol. The summed E-state index contributed by atoms with van der Waals surface area (Å²) in [5, 5.41) is 5.33. The molecule has 1 rings (SSSR count). The predicted octanol–water partition coefficient (Wildman–Crippen LogP) is 0.578. The molecular formula is C14H20N2O4. The van der Waals surface area contributed by atoms with Crippen LogP contribution in [0.2, 0.25) is 0 Å². The molecule has 6 nitrogen and oxygen atoms in total. The van der Waals surface area contributed by atoms with Crippen molar-refractivity contribution in [2.24, 2.45) is 0 Å². The van der Waals surface area contributed by atoms with Crippen LogP contribution in [0.4, 0.5) is 0 Å². The van der Waals surface area contributed by atoms with Crippen molar-refractivity contribution in [2.75, 3.05) is 33.4 Å². The van der Waals surface area contributed by atoms with Crippen LogP contribution in [0, 0.1) is 0 Å². The van der Waals surface area contributed by atoms with Gasteiger partial charge in [-0.3, -0.25) is 9.59 Å². The molecule has 0 aliphatic carbocycles. The molecule has 1 aromatic carbocycles. The third-order valence-electron chi connectivity index (χ3n) is 2.44. The van der Waals surface area contributed by atoms with Gasteiger partial charge in [0.15, 0.2) is 0 Å². The van der Waals surface area contributed by atoms with E-state index in [2.05, 4.69) is 15.4 Å². The molecule has 6 heteroatoms. The fourth-order valence-corrected chi connectivity index (χ4v) is 1.53. The van der Waals surface area contributed by atoms with Gasteiger partial charge in [-0.2, -0.15) is 0 Å². The van der Waals surface area contributed by atoms with Crippen LogP contribution >= 0.6 is 0 Å². The topological polar surface area (TPSA) is 76.7 Å². The fraction of sp³-hybridized carbons (Fsp3) is 0.429. The quantitative estimate of drug-likeness (QED) is 0.683. The van der Waals surface area contributed by atoms with Crippen LogP contribution in [-0.4, -0.2) is 45.2 Å². The van der Waals surface area contributed by atoms with E-state index >= 15 is 0 Å². The van der Waals surface area contributed by atoms with Crippen molar-refractivity contribution in [3.05, 3.63) is 29.8 Å². The van der Waals surface area contributed by atoms with Crippen molar-refractivity contribution < 1.29 is 19.1 Å². The SMILES string of the molecule is CCOc1ccc(C(=O)NCCNC(=O)COC)cc1. The minimum absolute atomic E-state index is 0.0207. The molecule has 0 bridgehead atoms. The highest BCUT2D eigenvalue weighted by Gasteiger charge is 2.05. The largest absolute Gasteiger partial charge is 0.494 e. The Hall–Kier alpha value is -2.08. The Balaban J connectivity index is 2.30. The minimum atomic E-state index is -0.206. The summed E-state index contributed by atoms with van der Waals surface area (Å²) in [7, 11) is 1.45. The fourth-order valence-electron chi connectivity index (χ4n) is 1.53. The van der Waals surface area contributed by atoms with Crippen molar-refractivity contribution in [2.45, 2.75) is 6.92 Å². The van der Waals surface area contributed by atoms with Crippen LogP contribution in [0.1, 0.15) is 17.3 Å². The van der Waals surface area contributed by atoms with Gasteiger partial charge in [0.05, 0.1) is 6.61 Å². The van der Waals surface area contributed by atoms with Crippen LogP contribution in [-0.2, 0) is 9.53 Å². The van der Waals surface area contributed by atoms with Crippen molar-refractivity contribution in [1.29, 1.82) is 0 Å². The van der Waals surface area contributed by atoms with Gasteiger partial charge in [0, 0.05) is 25.8 Å². The maximum Gasteiger partial charge on any atom is 0.251 e. The lowest BCUT2D eigenvalue weighted by Gasteiger charge is -2.07. The highest BCUT2D eigenvalue weighted by Crippen LogP contribution is 2.11. The van der Waals surface area contributed by atoms with Gasteiger partial charge < -0.3 is 20.1 Å². The molecule has 0 radical (unpaired) electrons. The first-order chi connectivity index (χ1) is 9.67. The number of amides is 2. The molecule has 0 atom stereocenters. The summed E-state index contributed by atoms with van der Waals surface area (Å²) in [5.74, 6) is 0.340. The van der Waals surface area contributed by atoms with E-state index in [1.165, 1.54) is 7.11 Å². The van der Waals surface area contributed by atoms with Crippen molar-refractivity contribution in [1.82, 2.24) is 10.6 Å². The van der Waals surface area contributed by atoms with Gasteiger partial charge in [0.1, 0.15) is 12.4 Å². The standard InChI is InChI=1S/C14H20N2O4/c1-3-20-12-6-4-11(5-7-12)14(18)16-9-8-15-13(17)10-19-2/h4-7H,3,8-10H2,1-2H3,(H,15,17)(H,16,18). The molecule has 0 aromatic heterocycles. The molecule has 2 amide bonds. The van der Waals surface area contributed by atoms with Gasteiger partial charge in [-0.25, -0.2) is 0 Å². The zero-order valence-corrected chi connectivity index (χ0v) is 11.8. The maximum atomic E-state index is 11.8. The van der Waals surface area contributed by atoms with E-state index in [9.17, 15) is 9.59 Å². The van der Waals surface area contributed by atoms with E-state index in [-0.39, 0.29) is 18.4 Å². The summed E-state index contributed by atoms with van der Waals surface area (Å²) in [6.45, 7) is 3.24. The molecule has 110 valence electrons. The molecule has 0 fully saturated rings. The number of rotatable bonds is 8. The van der Waals surface area contributed by atoms with E-state index in [4.69, 9.17) is 4.74 Å². The van der Waals surface area contributed by atoms with E-state index in [1.54, 1.807) is 24.3 Å². The molecule has 0 saturated heterocycles. The summed E-state index contributed by atoms with van der Waals surface area (Å²) in [6.07, 6.45) is 0. The molecule has 20 heavy (non-hydrogen) atoms. The molecule has 2 N–H and O–H groups in total. The Morgan fingerprint density at radius 2 is 1.75 bits per heavy atom. The number of methoxy groups -OCH3 is 1. The second kappa shape index (κ2) is 8.92. The zero-order chi connectivity index (χ0) is 14.8. The Labute approximate surface area is 118 Å². The summed E-state index contributed by atoms with van der Waals surface area (Å²) in [4.78, 5) is 22.9. The van der Waals surface area contributed by atoms with Gasteiger partial charge in [-0.15, -0.1) is 0 Å². The van der Waals surface area contributed by atoms with Gasteiger partial charge in [0.25, 0.3) is 5.91 Å². The lowest BCUT2D eigenvalue weighted by Crippen LogP contribution is -2.36. The van der Waals surface area contributed by atoms with E-state index in [0.717, 1.165) is 5.75 Å². The molecule has 0 spiro atoms. The minimum Gasteiger partial charge on any atom is -0.494 e. The lowest BCUT2D eigenvalue weighted by molar-refractivity contribution is -0.124.